The van der Waals surface area contributed by atoms with Crippen LogP contribution >= 0.6 is 0 Å². The Kier molecular flexibility index (Phi) is 3.92. The highest BCUT2D eigenvalue weighted by molar-refractivity contribution is 7.88. The van der Waals surface area contributed by atoms with E-state index in [9.17, 15) is 8.42 Å². The summed E-state index contributed by atoms with van der Waals surface area (Å²) in [6.07, 6.45) is 3.27. The van der Waals surface area contributed by atoms with Gasteiger partial charge in [-0.3, -0.25) is 0 Å². The Morgan fingerprint density at radius 3 is 2.14 bits per heavy atom. The molecule has 1 saturated heterocycles. The molecule has 0 unspecified atom stereocenters. The van der Waals surface area contributed by atoms with Gasteiger partial charge >= 0.3 is 0 Å². The summed E-state index contributed by atoms with van der Waals surface area (Å²) in [5.74, 6) is 0.656. The van der Waals surface area contributed by atoms with Crippen molar-refractivity contribution >= 4 is 10.0 Å². The third-order valence-electron chi connectivity index (χ3n) is 2.67. The molecule has 0 atom stereocenters. The molecule has 1 aliphatic heterocycles. The molecule has 14 heavy (non-hydrogen) atoms. The number of hydrogen-bond acceptors (Lipinski definition) is 3. The Balaban J connectivity index is 2.39. The Bertz CT molecular complexity index is 267. The summed E-state index contributed by atoms with van der Waals surface area (Å²) in [7, 11) is 1.16. The number of piperidine rings is 1. The van der Waals surface area contributed by atoms with Crippen LogP contribution in [0.15, 0.2) is 0 Å². The van der Waals surface area contributed by atoms with E-state index in [-0.39, 0.29) is 0 Å². The highest BCUT2D eigenvalue weighted by Crippen LogP contribution is 2.19. The van der Waals surface area contributed by atoms with Crippen LogP contribution in [0, 0.1) is 5.92 Å². The summed E-state index contributed by atoms with van der Waals surface area (Å²) in [6.45, 7) is 2.45. The number of nitrogens with zero attached hydrogens (tertiary/aromatic N) is 2. The summed E-state index contributed by atoms with van der Waals surface area (Å²) in [6, 6.07) is 0. The van der Waals surface area contributed by atoms with Gasteiger partial charge in [-0.2, -0.15) is 0 Å². The number of sulfonamides is 1. The zero-order valence-electron chi connectivity index (χ0n) is 9.23. The SMILES string of the molecule is CN(C)CC1CCN(S(C)(=O)=O)CC1. The predicted molar refractivity (Wildman–Crippen MR) is 57.7 cm³/mol. The normalized spacial score (nSPS) is 21.7. The van der Waals surface area contributed by atoms with Crippen molar-refractivity contribution in [1.29, 1.82) is 0 Å². The number of rotatable bonds is 3. The van der Waals surface area contributed by atoms with E-state index in [0.717, 1.165) is 19.4 Å². The molecule has 0 spiro atoms. The first-order chi connectivity index (χ1) is 6.39. The molecule has 84 valence electrons. The van der Waals surface area contributed by atoms with E-state index in [4.69, 9.17) is 0 Å². The van der Waals surface area contributed by atoms with Gasteiger partial charge in [0.05, 0.1) is 6.26 Å². The third kappa shape index (κ3) is 3.55. The first-order valence-electron chi connectivity index (χ1n) is 4.99. The molecule has 1 aliphatic rings. The Morgan fingerprint density at radius 1 is 1.29 bits per heavy atom. The lowest BCUT2D eigenvalue weighted by Crippen LogP contribution is -2.40. The van der Waals surface area contributed by atoms with Gasteiger partial charge in [0.1, 0.15) is 0 Å². The lowest BCUT2D eigenvalue weighted by Gasteiger charge is -2.31. The van der Waals surface area contributed by atoms with Crippen LogP contribution in [-0.4, -0.2) is 57.6 Å². The maximum Gasteiger partial charge on any atom is 0.211 e. The third-order valence-corrected chi connectivity index (χ3v) is 3.97. The molecule has 4 nitrogen and oxygen atoms in total. The van der Waals surface area contributed by atoms with Gasteiger partial charge in [-0.15, -0.1) is 0 Å². The van der Waals surface area contributed by atoms with E-state index in [1.807, 2.05) is 0 Å². The van der Waals surface area contributed by atoms with E-state index in [1.165, 1.54) is 6.26 Å². The van der Waals surface area contributed by atoms with E-state index < -0.39 is 10.0 Å². The van der Waals surface area contributed by atoms with E-state index in [0.29, 0.717) is 19.0 Å². The molecule has 1 fully saturated rings. The van der Waals surface area contributed by atoms with Gasteiger partial charge in [0.25, 0.3) is 0 Å². The Labute approximate surface area is 86.9 Å². The molecule has 0 radical (unpaired) electrons. The van der Waals surface area contributed by atoms with Crippen molar-refractivity contribution < 1.29 is 8.42 Å². The summed E-state index contributed by atoms with van der Waals surface area (Å²) in [5.41, 5.74) is 0. The smallest absolute Gasteiger partial charge is 0.211 e. The van der Waals surface area contributed by atoms with Crippen molar-refractivity contribution in [2.45, 2.75) is 12.8 Å². The maximum atomic E-state index is 11.2. The zero-order valence-corrected chi connectivity index (χ0v) is 10.0. The van der Waals surface area contributed by atoms with Gasteiger partial charge in [-0.05, 0) is 32.9 Å². The van der Waals surface area contributed by atoms with Gasteiger partial charge in [0, 0.05) is 19.6 Å². The average molecular weight is 220 g/mol. The van der Waals surface area contributed by atoms with Crippen LogP contribution in [0.2, 0.25) is 0 Å². The maximum absolute atomic E-state index is 11.2. The minimum atomic E-state index is -2.96. The first kappa shape index (κ1) is 11.9. The zero-order chi connectivity index (χ0) is 10.8. The fourth-order valence-corrected chi connectivity index (χ4v) is 2.81. The molecule has 1 heterocycles. The van der Waals surface area contributed by atoms with Gasteiger partial charge in [0.15, 0.2) is 0 Å². The quantitative estimate of drug-likeness (QED) is 0.683. The highest BCUT2D eigenvalue weighted by atomic mass is 32.2. The summed E-state index contributed by atoms with van der Waals surface area (Å²) < 4.78 is 24.0. The van der Waals surface area contributed by atoms with Crippen molar-refractivity contribution in [3.05, 3.63) is 0 Å². The van der Waals surface area contributed by atoms with Crippen molar-refractivity contribution in [3.63, 3.8) is 0 Å². The van der Waals surface area contributed by atoms with E-state index in [2.05, 4.69) is 19.0 Å². The van der Waals surface area contributed by atoms with Gasteiger partial charge < -0.3 is 4.90 Å². The molecular formula is C9H20N2O2S. The average Bonchev–Trinajstić information content (AvgIpc) is 2.02. The second-order valence-electron chi connectivity index (χ2n) is 4.37. The van der Waals surface area contributed by atoms with Crippen LogP contribution in [-0.2, 0) is 10.0 Å². The van der Waals surface area contributed by atoms with Gasteiger partial charge in [-0.1, -0.05) is 0 Å². The highest BCUT2D eigenvalue weighted by Gasteiger charge is 2.24. The van der Waals surface area contributed by atoms with E-state index >= 15 is 0 Å². The summed E-state index contributed by atoms with van der Waals surface area (Å²) >= 11 is 0. The lowest BCUT2D eigenvalue weighted by molar-refractivity contribution is 0.225. The minimum Gasteiger partial charge on any atom is -0.309 e. The van der Waals surface area contributed by atoms with Crippen LogP contribution in [0.4, 0.5) is 0 Å². The monoisotopic (exact) mass is 220 g/mol. The predicted octanol–water partition coefficient (Wildman–Crippen LogP) is 0.220. The Hall–Kier alpha value is -0.130. The molecule has 0 aliphatic carbocycles. The molecular weight excluding hydrogens is 200 g/mol. The van der Waals surface area contributed by atoms with Crippen LogP contribution in [0.5, 0.6) is 0 Å². The van der Waals surface area contributed by atoms with Crippen molar-refractivity contribution in [1.82, 2.24) is 9.21 Å². The minimum absolute atomic E-state index is 0.656. The Morgan fingerprint density at radius 2 is 1.79 bits per heavy atom. The molecule has 1 rings (SSSR count). The largest absolute Gasteiger partial charge is 0.309 e. The molecule has 0 aromatic carbocycles. The summed E-state index contributed by atoms with van der Waals surface area (Å²) in [5, 5.41) is 0. The van der Waals surface area contributed by atoms with Crippen LogP contribution in [0.25, 0.3) is 0 Å². The molecule has 0 saturated carbocycles. The lowest BCUT2D eigenvalue weighted by atomic mass is 9.98. The molecule has 0 aromatic heterocycles. The molecule has 5 heteroatoms. The van der Waals surface area contributed by atoms with Gasteiger partial charge in [0.2, 0.25) is 10.0 Å². The fourth-order valence-electron chi connectivity index (χ4n) is 1.94. The van der Waals surface area contributed by atoms with Crippen LogP contribution in [0.1, 0.15) is 12.8 Å². The van der Waals surface area contributed by atoms with Crippen molar-refractivity contribution in [2.75, 3.05) is 40.0 Å². The molecule has 0 bridgehead atoms. The fraction of sp³-hybridized carbons (Fsp3) is 1.00. The van der Waals surface area contributed by atoms with Crippen LogP contribution < -0.4 is 0 Å². The second-order valence-corrected chi connectivity index (χ2v) is 6.35. The van der Waals surface area contributed by atoms with E-state index in [1.54, 1.807) is 4.31 Å². The first-order valence-corrected chi connectivity index (χ1v) is 6.84. The van der Waals surface area contributed by atoms with Crippen molar-refractivity contribution in [2.24, 2.45) is 5.92 Å². The molecule has 0 amide bonds. The van der Waals surface area contributed by atoms with Crippen LogP contribution in [0.3, 0.4) is 0 Å². The van der Waals surface area contributed by atoms with Crippen molar-refractivity contribution in [3.8, 4) is 0 Å². The number of hydrogen-bond donors (Lipinski definition) is 0. The molecule has 0 N–H and O–H groups in total. The summed E-state index contributed by atoms with van der Waals surface area (Å²) in [4.78, 5) is 2.17. The van der Waals surface area contributed by atoms with Gasteiger partial charge in [-0.25, -0.2) is 12.7 Å². The second kappa shape index (κ2) is 4.59. The standard InChI is InChI=1S/C9H20N2O2S/c1-10(2)8-9-4-6-11(7-5-9)14(3,12)13/h9H,4-8H2,1-3H3. The topological polar surface area (TPSA) is 40.6 Å². The molecule has 0 aromatic rings.